The van der Waals surface area contributed by atoms with Gasteiger partial charge in [-0.25, -0.2) is 0 Å². The highest BCUT2D eigenvalue weighted by molar-refractivity contribution is 7.80. The first-order valence-corrected chi connectivity index (χ1v) is 5.70. The van der Waals surface area contributed by atoms with Crippen molar-refractivity contribution in [3.05, 3.63) is 33.9 Å². The molecule has 0 bridgehead atoms. The Kier molecular flexibility index (Phi) is 4.46. The van der Waals surface area contributed by atoms with Gasteiger partial charge >= 0.3 is 6.18 Å². The Balaban J connectivity index is 3.19. The molecule has 0 amide bonds. The Bertz CT molecular complexity index is 515. The van der Waals surface area contributed by atoms with Crippen LogP contribution in [-0.4, -0.2) is 9.91 Å². The largest absolute Gasteiger partial charge is 0.423 e. The number of alkyl halides is 3. The topological polar surface area (TPSA) is 55.2 Å². The summed E-state index contributed by atoms with van der Waals surface area (Å²) in [5.74, 6) is -0.0421. The van der Waals surface area contributed by atoms with Gasteiger partial charge in [0.15, 0.2) is 0 Å². The normalized spacial score (nSPS) is 11.5. The zero-order valence-electron chi connectivity index (χ0n) is 10.1. The van der Waals surface area contributed by atoms with E-state index in [0.717, 1.165) is 6.07 Å². The van der Waals surface area contributed by atoms with Crippen LogP contribution in [0.2, 0.25) is 0 Å². The molecule has 104 valence electrons. The van der Waals surface area contributed by atoms with Crippen LogP contribution in [0.5, 0.6) is 0 Å². The fraction of sp³-hybridized carbons (Fsp3) is 0.364. The summed E-state index contributed by atoms with van der Waals surface area (Å²) in [6.45, 7) is 3.57. The van der Waals surface area contributed by atoms with E-state index >= 15 is 0 Å². The number of rotatable bonds is 3. The molecule has 0 radical (unpaired) electrons. The lowest BCUT2D eigenvalue weighted by Gasteiger charge is -2.13. The van der Waals surface area contributed by atoms with Gasteiger partial charge in [0.2, 0.25) is 0 Å². The van der Waals surface area contributed by atoms with Crippen LogP contribution in [-0.2, 0) is 6.18 Å². The number of thiocarbonyl (C=S) groups is 1. The first-order valence-electron chi connectivity index (χ1n) is 5.29. The lowest BCUT2D eigenvalue weighted by molar-refractivity contribution is -0.388. The molecule has 1 aromatic carbocycles. The van der Waals surface area contributed by atoms with E-state index in [0.29, 0.717) is 11.1 Å². The number of halogens is 3. The molecule has 0 heterocycles. The van der Waals surface area contributed by atoms with Gasteiger partial charge in [0.25, 0.3) is 5.69 Å². The van der Waals surface area contributed by atoms with E-state index in [4.69, 9.17) is 12.2 Å². The Hall–Kier alpha value is -1.70. The van der Waals surface area contributed by atoms with Crippen LogP contribution < -0.4 is 5.32 Å². The maximum absolute atomic E-state index is 12.7. The van der Waals surface area contributed by atoms with Crippen molar-refractivity contribution in [1.82, 2.24) is 0 Å². The summed E-state index contributed by atoms with van der Waals surface area (Å²) in [5, 5.41) is 13.2. The monoisotopic (exact) mass is 292 g/mol. The first kappa shape index (κ1) is 15.4. The van der Waals surface area contributed by atoms with E-state index < -0.39 is 22.4 Å². The van der Waals surface area contributed by atoms with Crippen molar-refractivity contribution in [3.63, 3.8) is 0 Å². The summed E-state index contributed by atoms with van der Waals surface area (Å²) in [4.78, 5) is 9.87. The fourth-order valence-electron chi connectivity index (χ4n) is 1.29. The predicted octanol–water partition coefficient (Wildman–Crippen LogP) is 4.01. The van der Waals surface area contributed by atoms with Crippen LogP contribution in [0.3, 0.4) is 0 Å². The highest BCUT2D eigenvalue weighted by atomic mass is 32.1. The van der Waals surface area contributed by atoms with Crippen molar-refractivity contribution in [1.29, 1.82) is 0 Å². The van der Waals surface area contributed by atoms with E-state index in [1.807, 2.05) is 0 Å². The molecule has 0 fully saturated rings. The fourth-order valence-corrected chi connectivity index (χ4v) is 1.40. The van der Waals surface area contributed by atoms with Gasteiger partial charge in [0.05, 0.1) is 9.91 Å². The second-order valence-corrected chi connectivity index (χ2v) is 4.57. The number of benzene rings is 1. The highest BCUT2D eigenvalue weighted by Crippen LogP contribution is 2.37. The minimum Gasteiger partial charge on any atom is -0.350 e. The van der Waals surface area contributed by atoms with Crippen LogP contribution in [0.15, 0.2) is 18.2 Å². The molecule has 1 aromatic rings. The molecule has 0 saturated carbocycles. The lowest BCUT2D eigenvalue weighted by Crippen LogP contribution is -2.16. The van der Waals surface area contributed by atoms with Gasteiger partial charge in [-0.2, -0.15) is 13.2 Å². The Morgan fingerprint density at radius 3 is 2.42 bits per heavy atom. The van der Waals surface area contributed by atoms with Crippen molar-refractivity contribution < 1.29 is 18.1 Å². The molecule has 19 heavy (non-hydrogen) atoms. The smallest absolute Gasteiger partial charge is 0.350 e. The molecule has 8 heteroatoms. The second-order valence-electron chi connectivity index (χ2n) is 4.13. The van der Waals surface area contributed by atoms with Gasteiger partial charge in [-0.15, -0.1) is 0 Å². The van der Waals surface area contributed by atoms with Crippen LogP contribution in [0.25, 0.3) is 0 Å². The molecule has 4 nitrogen and oxygen atoms in total. The van der Waals surface area contributed by atoms with Crippen LogP contribution in [0, 0.1) is 16.0 Å². The molecule has 0 aliphatic rings. The van der Waals surface area contributed by atoms with E-state index in [1.165, 1.54) is 6.07 Å². The summed E-state index contributed by atoms with van der Waals surface area (Å²) < 4.78 is 38.2. The Morgan fingerprint density at radius 2 is 2.00 bits per heavy atom. The third-order valence-electron chi connectivity index (χ3n) is 2.29. The molecule has 1 N–H and O–H groups in total. The minimum atomic E-state index is -4.79. The standard InChI is InChI=1S/C11H11F3N2O2S/c1-6(2)10(19)15-7-3-4-9(16(17)18)8(5-7)11(12,13)14/h3-6H,1-2H3,(H,15,19). The molecular formula is C11H11F3N2O2S. The van der Waals surface area contributed by atoms with E-state index in [1.54, 1.807) is 13.8 Å². The molecule has 0 unspecified atom stereocenters. The minimum absolute atomic E-state index is 0.0421. The van der Waals surface area contributed by atoms with Crippen LogP contribution in [0.1, 0.15) is 19.4 Å². The zero-order chi connectivity index (χ0) is 14.8. The predicted molar refractivity (Wildman–Crippen MR) is 69.2 cm³/mol. The van der Waals surface area contributed by atoms with Crippen molar-refractivity contribution in [2.75, 3.05) is 5.32 Å². The first-order chi connectivity index (χ1) is 8.62. The number of nitrogens with one attached hydrogen (secondary N) is 1. The van der Waals surface area contributed by atoms with Gasteiger partial charge in [-0.05, 0) is 12.1 Å². The summed E-state index contributed by atoms with van der Waals surface area (Å²) in [5.41, 5.74) is -2.20. The molecule has 1 rings (SSSR count). The third kappa shape index (κ3) is 3.88. The van der Waals surface area contributed by atoms with Crippen molar-refractivity contribution >= 4 is 28.6 Å². The molecule has 0 spiro atoms. The third-order valence-corrected chi connectivity index (χ3v) is 2.86. The van der Waals surface area contributed by atoms with Gasteiger partial charge in [-0.1, -0.05) is 26.1 Å². The van der Waals surface area contributed by atoms with Crippen molar-refractivity contribution in [2.45, 2.75) is 20.0 Å². The maximum atomic E-state index is 12.7. The number of nitro benzene ring substituents is 1. The molecule has 0 aromatic heterocycles. The quantitative estimate of drug-likeness (QED) is 0.519. The molecule has 0 saturated heterocycles. The second kappa shape index (κ2) is 5.52. The summed E-state index contributed by atoms with van der Waals surface area (Å²) in [6, 6.07) is 2.70. The average molecular weight is 292 g/mol. The number of anilines is 1. The summed E-state index contributed by atoms with van der Waals surface area (Å²) in [7, 11) is 0. The van der Waals surface area contributed by atoms with Crippen LogP contribution in [0.4, 0.5) is 24.5 Å². The van der Waals surface area contributed by atoms with Crippen LogP contribution >= 0.6 is 12.2 Å². The number of hydrogen-bond donors (Lipinski definition) is 1. The van der Waals surface area contributed by atoms with E-state index in [-0.39, 0.29) is 11.6 Å². The lowest BCUT2D eigenvalue weighted by atomic mass is 10.1. The maximum Gasteiger partial charge on any atom is 0.423 e. The zero-order valence-corrected chi connectivity index (χ0v) is 10.9. The molecular weight excluding hydrogens is 281 g/mol. The number of hydrogen-bond acceptors (Lipinski definition) is 3. The van der Waals surface area contributed by atoms with E-state index in [9.17, 15) is 23.3 Å². The van der Waals surface area contributed by atoms with Crippen molar-refractivity contribution in [3.8, 4) is 0 Å². The van der Waals surface area contributed by atoms with E-state index in [2.05, 4.69) is 5.32 Å². The molecule has 0 atom stereocenters. The molecule has 0 aliphatic heterocycles. The Labute approximate surface area is 112 Å². The number of nitrogens with zero attached hydrogens (tertiary/aromatic N) is 1. The summed E-state index contributed by atoms with van der Waals surface area (Å²) >= 11 is 4.95. The Morgan fingerprint density at radius 1 is 1.42 bits per heavy atom. The van der Waals surface area contributed by atoms with Gasteiger partial charge in [0.1, 0.15) is 5.56 Å². The molecule has 0 aliphatic carbocycles. The van der Waals surface area contributed by atoms with Gasteiger partial charge < -0.3 is 5.32 Å². The van der Waals surface area contributed by atoms with Crippen molar-refractivity contribution in [2.24, 2.45) is 5.92 Å². The number of nitro groups is 1. The average Bonchev–Trinajstić information content (AvgIpc) is 2.27. The van der Waals surface area contributed by atoms with Gasteiger partial charge in [0, 0.05) is 17.7 Å². The highest BCUT2D eigenvalue weighted by Gasteiger charge is 2.38. The SMILES string of the molecule is CC(C)C(=S)Nc1ccc([N+](=O)[O-])c(C(F)(F)F)c1. The van der Waals surface area contributed by atoms with Gasteiger partial charge in [-0.3, -0.25) is 10.1 Å². The summed E-state index contributed by atoms with van der Waals surface area (Å²) in [6.07, 6.45) is -4.79.